The number of rotatable bonds is 4. The molecule has 0 radical (unpaired) electrons. The number of nitrogens with zero attached hydrogens (tertiary/aromatic N) is 3. The number of hydrogen-bond acceptors (Lipinski definition) is 3. The average Bonchev–Trinajstić information content (AvgIpc) is 2.69. The normalized spacial score (nSPS) is 12.5. The number of aromatic nitrogens is 2. The van der Waals surface area contributed by atoms with E-state index in [4.69, 9.17) is 5.73 Å². The van der Waals surface area contributed by atoms with E-state index in [1.807, 2.05) is 18.7 Å². The van der Waals surface area contributed by atoms with E-state index in [1.165, 1.54) is 16.8 Å². The standard InChI is InChI=1S/C15H22N4/c1-11-6-5-7-13(8-11)19(4)15(9-16)14-10-18(3)17-12(14)2/h5-8,10,15H,9,16H2,1-4H3. The van der Waals surface area contributed by atoms with Crippen molar-refractivity contribution in [2.45, 2.75) is 19.9 Å². The van der Waals surface area contributed by atoms with Crippen molar-refractivity contribution in [3.8, 4) is 0 Å². The van der Waals surface area contributed by atoms with Crippen LogP contribution in [-0.4, -0.2) is 23.4 Å². The van der Waals surface area contributed by atoms with Gasteiger partial charge in [-0.2, -0.15) is 5.10 Å². The molecule has 102 valence electrons. The first-order valence-corrected chi connectivity index (χ1v) is 6.52. The molecule has 0 spiro atoms. The fourth-order valence-corrected chi connectivity index (χ4v) is 2.47. The van der Waals surface area contributed by atoms with Gasteiger partial charge in [0.2, 0.25) is 0 Å². The Labute approximate surface area is 114 Å². The van der Waals surface area contributed by atoms with Gasteiger partial charge in [-0.15, -0.1) is 0 Å². The molecular weight excluding hydrogens is 236 g/mol. The number of benzene rings is 1. The van der Waals surface area contributed by atoms with Crippen molar-refractivity contribution < 1.29 is 0 Å². The van der Waals surface area contributed by atoms with Crippen molar-refractivity contribution in [1.29, 1.82) is 0 Å². The van der Waals surface area contributed by atoms with Gasteiger partial charge in [0, 0.05) is 38.1 Å². The Balaban J connectivity index is 2.34. The average molecular weight is 258 g/mol. The molecule has 2 N–H and O–H groups in total. The summed E-state index contributed by atoms with van der Waals surface area (Å²) >= 11 is 0. The summed E-state index contributed by atoms with van der Waals surface area (Å²) in [6, 6.07) is 8.61. The third kappa shape index (κ3) is 2.79. The monoisotopic (exact) mass is 258 g/mol. The van der Waals surface area contributed by atoms with Gasteiger partial charge in [0.05, 0.1) is 11.7 Å². The topological polar surface area (TPSA) is 47.1 Å². The lowest BCUT2D eigenvalue weighted by molar-refractivity contribution is 0.675. The van der Waals surface area contributed by atoms with Crippen LogP contribution in [0, 0.1) is 13.8 Å². The highest BCUT2D eigenvalue weighted by Gasteiger charge is 2.20. The fourth-order valence-electron chi connectivity index (χ4n) is 2.47. The van der Waals surface area contributed by atoms with Crippen molar-refractivity contribution in [1.82, 2.24) is 9.78 Å². The molecule has 0 saturated heterocycles. The van der Waals surface area contributed by atoms with Crippen LogP contribution in [0.1, 0.15) is 22.9 Å². The number of hydrogen-bond donors (Lipinski definition) is 1. The van der Waals surface area contributed by atoms with Crippen LogP contribution in [0.5, 0.6) is 0 Å². The highest BCUT2D eigenvalue weighted by Crippen LogP contribution is 2.26. The van der Waals surface area contributed by atoms with Crippen LogP contribution >= 0.6 is 0 Å². The molecule has 0 bridgehead atoms. The Morgan fingerprint density at radius 2 is 2.11 bits per heavy atom. The molecule has 2 aromatic rings. The second-order valence-corrected chi connectivity index (χ2v) is 5.04. The zero-order chi connectivity index (χ0) is 14.0. The van der Waals surface area contributed by atoms with Crippen molar-refractivity contribution in [2.75, 3.05) is 18.5 Å². The molecule has 4 heteroatoms. The largest absolute Gasteiger partial charge is 0.366 e. The third-order valence-electron chi connectivity index (χ3n) is 3.51. The van der Waals surface area contributed by atoms with E-state index in [1.54, 1.807) is 0 Å². The van der Waals surface area contributed by atoms with Gasteiger partial charge in [-0.1, -0.05) is 12.1 Å². The Bertz CT molecular complexity index is 559. The lowest BCUT2D eigenvalue weighted by Gasteiger charge is -2.29. The molecule has 2 rings (SSSR count). The summed E-state index contributed by atoms with van der Waals surface area (Å²) in [5, 5.41) is 4.41. The maximum absolute atomic E-state index is 5.98. The number of nitrogens with two attached hydrogens (primary N) is 1. The SMILES string of the molecule is Cc1cccc(N(C)C(CN)c2cn(C)nc2C)c1. The molecule has 1 unspecified atom stereocenters. The van der Waals surface area contributed by atoms with E-state index >= 15 is 0 Å². The van der Waals surface area contributed by atoms with Gasteiger partial charge in [-0.25, -0.2) is 0 Å². The smallest absolute Gasteiger partial charge is 0.0694 e. The summed E-state index contributed by atoms with van der Waals surface area (Å²) < 4.78 is 1.84. The Kier molecular flexibility index (Phi) is 3.90. The summed E-state index contributed by atoms with van der Waals surface area (Å²) in [5.74, 6) is 0. The van der Waals surface area contributed by atoms with Gasteiger partial charge in [0.25, 0.3) is 0 Å². The van der Waals surface area contributed by atoms with Crippen molar-refractivity contribution in [3.05, 3.63) is 47.3 Å². The molecule has 0 fully saturated rings. The van der Waals surface area contributed by atoms with Crippen LogP contribution in [0.25, 0.3) is 0 Å². The minimum absolute atomic E-state index is 0.149. The molecule has 0 aliphatic rings. The van der Waals surface area contributed by atoms with E-state index in [2.05, 4.69) is 54.4 Å². The van der Waals surface area contributed by atoms with Crippen LogP contribution in [0.4, 0.5) is 5.69 Å². The van der Waals surface area contributed by atoms with Gasteiger partial charge in [-0.3, -0.25) is 4.68 Å². The first-order chi connectivity index (χ1) is 9.02. The van der Waals surface area contributed by atoms with Gasteiger partial charge in [-0.05, 0) is 31.5 Å². The van der Waals surface area contributed by atoms with Gasteiger partial charge in [0.15, 0.2) is 0 Å². The number of likely N-dealkylation sites (N-methyl/N-ethyl adjacent to an activating group) is 1. The zero-order valence-electron chi connectivity index (χ0n) is 12.1. The third-order valence-corrected chi connectivity index (χ3v) is 3.51. The molecule has 0 saturated carbocycles. The van der Waals surface area contributed by atoms with E-state index in [0.29, 0.717) is 6.54 Å². The molecule has 19 heavy (non-hydrogen) atoms. The second kappa shape index (κ2) is 5.45. The molecule has 0 amide bonds. The van der Waals surface area contributed by atoms with E-state index < -0.39 is 0 Å². The van der Waals surface area contributed by atoms with Crippen LogP contribution in [-0.2, 0) is 7.05 Å². The molecule has 1 aromatic heterocycles. The van der Waals surface area contributed by atoms with Crippen LogP contribution in [0.15, 0.2) is 30.5 Å². The predicted molar refractivity (Wildman–Crippen MR) is 79.3 cm³/mol. The quantitative estimate of drug-likeness (QED) is 0.914. The minimum Gasteiger partial charge on any atom is -0.366 e. The molecule has 4 nitrogen and oxygen atoms in total. The minimum atomic E-state index is 0.149. The molecular formula is C15H22N4. The van der Waals surface area contributed by atoms with Gasteiger partial charge < -0.3 is 10.6 Å². The highest BCUT2D eigenvalue weighted by molar-refractivity contribution is 5.50. The predicted octanol–water partition coefficient (Wildman–Crippen LogP) is 2.17. The summed E-state index contributed by atoms with van der Waals surface area (Å²) in [6.07, 6.45) is 2.05. The molecule has 0 aliphatic heterocycles. The van der Waals surface area contributed by atoms with Crippen LogP contribution in [0.2, 0.25) is 0 Å². The maximum Gasteiger partial charge on any atom is 0.0694 e. The van der Waals surface area contributed by atoms with E-state index in [-0.39, 0.29) is 6.04 Å². The summed E-state index contributed by atoms with van der Waals surface area (Å²) in [7, 11) is 4.02. The first-order valence-electron chi connectivity index (χ1n) is 6.52. The molecule has 0 aliphatic carbocycles. The summed E-state index contributed by atoms with van der Waals surface area (Å²) in [6.45, 7) is 4.70. The zero-order valence-corrected chi connectivity index (χ0v) is 12.1. The second-order valence-electron chi connectivity index (χ2n) is 5.04. The van der Waals surface area contributed by atoms with E-state index in [9.17, 15) is 0 Å². The Hall–Kier alpha value is -1.81. The van der Waals surface area contributed by atoms with Crippen molar-refractivity contribution >= 4 is 5.69 Å². The number of aryl methyl sites for hydroxylation is 3. The van der Waals surface area contributed by atoms with Crippen molar-refractivity contribution in [3.63, 3.8) is 0 Å². The fraction of sp³-hybridized carbons (Fsp3) is 0.400. The molecule has 1 aromatic carbocycles. The van der Waals surface area contributed by atoms with Gasteiger partial charge in [0.1, 0.15) is 0 Å². The van der Waals surface area contributed by atoms with E-state index in [0.717, 1.165) is 5.69 Å². The summed E-state index contributed by atoms with van der Waals surface area (Å²) in [4.78, 5) is 2.22. The van der Waals surface area contributed by atoms with Crippen LogP contribution in [0.3, 0.4) is 0 Å². The number of anilines is 1. The highest BCUT2D eigenvalue weighted by atomic mass is 15.3. The lowest BCUT2D eigenvalue weighted by atomic mass is 10.1. The molecule has 1 atom stereocenters. The van der Waals surface area contributed by atoms with Crippen molar-refractivity contribution in [2.24, 2.45) is 12.8 Å². The Morgan fingerprint density at radius 3 is 2.63 bits per heavy atom. The lowest BCUT2D eigenvalue weighted by Crippen LogP contribution is -2.30. The Morgan fingerprint density at radius 1 is 1.37 bits per heavy atom. The van der Waals surface area contributed by atoms with Gasteiger partial charge >= 0.3 is 0 Å². The maximum atomic E-state index is 5.98. The molecule has 1 heterocycles. The summed E-state index contributed by atoms with van der Waals surface area (Å²) in [5.41, 5.74) is 10.6. The van der Waals surface area contributed by atoms with Crippen LogP contribution < -0.4 is 10.6 Å². The first kappa shape index (κ1) is 13.6.